The molecule has 2 saturated heterocycles. The molecule has 2 unspecified atom stereocenters. The summed E-state index contributed by atoms with van der Waals surface area (Å²) in [6, 6.07) is 10.4. The van der Waals surface area contributed by atoms with E-state index < -0.39 is 11.6 Å². The minimum atomic E-state index is -1.27. The van der Waals surface area contributed by atoms with Crippen LogP contribution in [0.4, 0.5) is 4.39 Å². The fraction of sp³-hybridized carbons (Fsp3) is 0.467. The molecule has 3 aromatic rings. The molecule has 0 spiro atoms. The van der Waals surface area contributed by atoms with Gasteiger partial charge in [-0.15, -0.1) is 0 Å². The van der Waals surface area contributed by atoms with Crippen LogP contribution in [0.25, 0.3) is 0 Å². The quantitative estimate of drug-likeness (QED) is 0.324. The second-order valence-electron chi connectivity index (χ2n) is 10.7. The molecule has 40 heavy (non-hydrogen) atoms. The van der Waals surface area contributed by atoms with Crippen molar-refractivity contribution in [3.05, 3.63) is 76.1 Å². The number of piperidine rings is 1. The molecule has 0 saturated carbocycles. The number of hydrogen-bond acceptors (Lipinski definition) is 7. The number of rotatable bonds is 8. The average molecular weight is 570 g/mol. The number of fused-ring (bicyclic) bond motifs is 1. The third kappa shape index (κ3) is 5.18. The van der Waals surface area contributed by atoms with Crippen LogP contribution in [0.15, 0.2) is 42.6 Å². The largest absolute Gasteiger partial charge is 0.461 e. The molecule has 6 rings (SSSR count). The number of carbonyl (C=O) groups excluding carboxylic acids is 1. The lowest BCUT2D eigenvalue weighted by molar-refractivity contribution is -0.0712. The van der Waals surface area contributed by atoms with Crippen LogP contribution >= 0.6 is 11.6 Å². The monoisotopic (exact) mass is 569 g/mol. The van der Waals surface area contributed by atoms with E-state index in [-0.39, 0.29) is 18.0 Å². The van der Waals surface area contributed by atoms with E-state index in [4.69, 9.17) is 30.5 Å². The maximum Gasteiger partial charge on any atom is 0.356 e. The lowest BCUT2D eigenvalue weighted by atomic mass is 9.88. The second-order valence-corrected chi connectivity index (χ2v) is 11.1. The maximum atomic E-state index is 14.8. The number of imidazole rings is 1. The smallest absolute Gasteiger partial charge is 0.356 e. The first-order valence-electron chi connectivity index (χ1n) is 13.9. The molecule has 1 aromatic heterocycles. The normalized spacial score (nSPS) is 22.8. The average Bonchev–Trinajstić information content (AvgIpc) is 3.47. The lowest BCUT2D eigenvalue weighted by Crippen LogP contribution is -2.36. The Labute approximate surface area is 237 Å². The molecular weight excluding hydrogens is 537 g/mol. The van der Waals surface area contributed by atoms with E-state index in [1.54, 1.807) is 32.2 Å². The number of para-hydroxylation sites is 1. The number of esters is 1. The van der Waals surface area contributed by atoms with E-state index in [0.717, 1.165) is 50.3 Å². The summed E-state index contributed by atoms with van der Waals surface area (Å²) in [6.07, 6.45) is 4.53. The van der Waals surface area contributed by atoms with Gasteiger partial charge in [0.05, 0.1) is 37.6 Å². The zero-order valence-electron chi connectivity index (χ0n) is 22.7. The summed E-state index contributed by atoms with van der Waals surface area (Å²) in [6.45, 7) is 7.56. The van der Waals surface area contributed by atoms with Gasteiger partial charge in [-0.2, -0.15) is 0 Å². The Bertz CT molecular complexity index is 1400. The molecule has 0 amide bonds. The molecular formula is C30H33ClFN3O5. The van der Waals surface area contributed by atoms with Gasteiger partial charge >= 0.3 is 5.97 Å². The lowest BCUT2D eigenvalue weighted by Gasteiger charge is -2.33. The Kier molecular flexibility index (Phi) is 7.46. The second kappa shape index (κ2) is 11.0. The standard InChI is InChI=1S/C30H33ClFN3O5/c1-3-37-29(36)25-16-33-27(35(25)17-21-11-14-38-21)18-34-12-9-19(10-13-34)22-5-4-6-26-28(22)40-30(2,39-26)23-8-7-20(31)15-24(23)32/h4-8,15-16,19,21H,3,9-14,17-18H2,1-2H3. The van der Waals surface area contributed by atoms with E-state index in [1.807, 2.05) is 16.7 Å². The van der Waals surface area contributed by atoms with E-state index in [0.29, 0.717) is 47.5 Å². The van der Waals surface area contributed by atoms with Crippen molar-refractivity contribution in [2.75, 3.05) is 26.3 Å². The minimum absolute atomic E-state index is 0.0984. The minimum Gasteiger partial charge on any atom is -0.461 e. The molecule has 0 N–H and O–H groups in total. The van der Waals surface area contributed by atoms with Crippen LogP contribution < -0.4 is 9.47 Å². The Morgan fingerprint density at radius 3 is 2.70 bits per heavy atom. The van der Waals surface area contributed by atoms with Gasteiger partial charge in [-0.1, -0.05) is 23.7 Å². The summed E-state index contributed by atoms with van der Waals surface area (Å²) >= 11 is 5.96. The number of nitrogens with zero attached hydrogens (tertiary/aromatic N) is 3. The Hall–Kier alpha value is -3.14. The molecule has 2 aromatic carbocycles. The molecule has 212 valence electrons. The van der Waals surface area contributed by atoms with Crippen LogP contribution in [-0.4, -0.2) is 52.8 Å². The van der Waals surface area contributed by atoms with Crippen LogP contribution in [0.1, 0.15) is 66.5 Å². The highest BCUT2D eigenvalue weighted by molar-refractivity contribution is 6.30. The molecule has 2 atom stereocenters. The summed E-state index contributed by atoms with van der Waals surface area (Å²) in [4.78, 5) is 19.5. The number of aromatic nitrogens is 2. The topological polar surface area (TPSA) is 75.0 Å². The number of benzene rings is 2. The number of halogens is 2. The first-order chi connectivity index (χ1) is 19.3. The van der Waals surface area contributed by atoms with Crippen molar-refractivity contribution >= 4 is 17.6 Å². The molecule has 0 radical (unpaired) electrons. The van der Waals surface area contributed by atoms with Gasteiger partial charge in [-0.3, -0.25) is 4.90 Å². The van der Waals surface area contributed by atoms with Gasteiger partial charge in [0.25, 0.3) is 5.79 Å². The molecule has 2 fully saturated rings. The molecule has 8 nitrogen and oxygen atoms in total. The molecule has 3 aliphatic heterocycles. The van der Waals surface area contributed by atoms with Crippen LogP contribution in [0.2, 0.25) is 5.02 Å². The highest BCUT2D eigenvalue weighted by Gasteiger charge is 2.43. The van der Waals surface area contributed by atoms with Crippen molar-refractivity contribution in [2.45, 2.75) is 64.0 Å². The summed E-state index contributed by atoms with van der Waals surface area (Å²) in [5, 5.41) is 0.323. The number of carbonyl (C=O) groups is 1. The summed E-state index contributed by atoms with van der Waals surface area (Å²) < 4.78 is 40.1. The van der Waals surface area contributed by atoms with E-state index in [9.17, 15) is 9.18 Å². The predicted molar refractivity (Wildman–Crippen MR) is 146 cm³/mol. The summed E-state index contributed by atoms with van der Waals surface area (Å²) in [5.41, 5.74) is 1.85. The van der Waals surface area contributed by atoms with Gasteiger partial charge < -0.3 is 23.5 Å². The van der Waals surface area contributed by atoms with Gasteiger partial charge in [0, 0.05) is 24.1 Å². The van der Waals surface area contributed by atoms with Crippen molar-refractivity contribution in [3.8, 4) is 11.5 Å². The molecule has 3 aliphatic rings. The summed E-state index contributed by atoms with van der Waals surface area (Å²) in [7, 11) is 0. The number of ether oxygens (including phenoxy) is 4. The number of likely N-dealkylation sites (tertiary alicyclic amines) is 1. The van der Waals surface area contributed by atoms with Crippen LogP contribution in [-0.2, 0) is 28.4 Å². The Balaban J connectivity index is 1.14. The van der Waals surface area contributed by atoms with Crippen molar-refractivity contribution in [2.24, 2.45) is 0 Å². The van der Waals surface area contributed by atoms with E-state index in [1.165, 1.54) is 6.07 Å². The van der Waals surface area contributed by atoms with Gasteiger partial charge in [0.2, 0.25) is 0 Å². The Morgan fingerprint density at radius 1 is 1.20 bits per heavy atom. The Morgan fingerprint density at radius 2 is 2.00 bits per heavy atom. The third-order valence-electron chi connectivity index (χ3n) is 8.03. The van der Waals surface area contributed by atoms with Crippen molar-refractivity contribution < 1.29 is 28.1 Å². The SMILES string of the molecule is CCOC(=O)c1cnc(CN2CCC(c3cccc4c3OC(C)(c3ccc(Cl)cc3F)O4)CC2)n1CC1CCO1. The van der Waals surface area contributed by atoms with Crippen LogP contribution in [0.3, 0.4) is 0 Å². The molecule has 10 heteroatoms. The maximum absolute atomic E-state index is 14.8. The summed E-state index contributed by atoms with van der Waals surface area (Å²) in [5.74, 6) is 0.305. The predicted octanol–water partition coefficient (Wildman–Crippen LogP) is 5.66. The van der Waals surface area contributed by atoms with E-state index >= 15 is 0 Å². The molecule has 0 aliphatic carbocycles. The van der Waals surface area contributed by atoms with Crippen molar-refractivity contribution in [1.29, 1.82) is 0 Å². The fourth-order valence-electron chi connectivity index (χ4n) is 5.78. The van der Waals surface area contributed by atoms with Gasteiger partial charge in [0.15, 0.2) is 11.5 Å². The van der Waals surface area contributed by atoms with Crippen LogP contribution in [0.5, 0.6) is 11.5 Å². The zero-order valence-corrected chi connectivity index (χ0v) is 23.5. The van der Waals surface area contributed by atoms with Gasteiger partial charge in [-0.25, -0.2) is 14.2 Å². The van der Waals surface area contributed by atoms with Gasteiger partial charge in [0.1, 0.15) is 17.3 Å². The molecule has 4 heterocycles. The van der Waals surface area contributed by atoms with Gasteiger partial charge in [-0.05, 0) is 69.5 Å². The highest BCUT2D eigenvalue weighted by Crippen LogP contribution is 2.49. The third-order valence-corrected chi connectivity index (χ3v) is 8.26. The van der Waals surface area contributed by atoms with Crippen molar-refractivity contribution in [1.82, 2.24) is 14.5 Å². The van der Waals surface area contributed by atoms with Crippen molar-refractivity contribution in [3.63, 3.8) is 0 Å². The molecule has 0 bridgehead atoms. The van der Waals surface area contributed by atoms with E-state index in [2.05, 4.69) is 16.0 Å². The van der Waals surface area contributed by atoms with Crippen LogP contribution in [0, 0.1) is 5.82 Å². The zero-order chi connectivity index (χ0) is 27.9. The highest BCUT2D eigenvalue weighted by atomic mass is 35.5. The first-order valence-corrected chi connectivity index (χ1v) is 14.2. The first kappa shape index (κ1) is 27.1. The number of hydrogen-bond donors (Lipinski definition) is 0. The fourth-order valence-corrected chi connectivity index (χ4v) is 5.94.